The van der Waals surface area contributed by atoms with Crippen LogP contribution in [0.3, 0.4) is 0 Å². The van der Waals surface area contributed by atoms with Gasteiger partial charge in [0.15, 0.2) is 0 Å². The van der Waals surface area contributed by atoms with E-state index in [0.717, 1.165) is 0 Å². The summed E-state index contributed by atoms with van der Waals surface area (Å²) in [5, 5.41) is 7.07. The average molecular weight is 280 g/mol. The molecule has 2 aromatic heterocycles. The Kier molecular flexibility index (Phi) is 3.71. The number of nitrogen functional groups attached to an aromatic ring is 1. The van der Waals surface area contributed by atoms with Gasteiger partial charge in [0.2, 0.25) is 0 Å². The van der Waals surface area contributed by atoms with Crippen molar-refractivity contribution in [2.75, 3.05) is 11.1 Å². The highest BCUT2D eigenvalue weighted by Gasteiger charge is 2.12. The predicted molar refractivity (Wildman–Crippen MR) is 74.2 cm³/mol. The van der Waals surface area contributed by atoms with Crippen LogP contribution in [0.5, 0.6) is 0 Å². The minimum atomic E-state index is -0.342. The van der Waals surface area contributed by atoms with Crippen molar-refractivity contribution < 1.29 is 4.79 Å². The van der Waals surface area contributed by atoms with Crippen LogP contribution in [0.2, 0.25) is 5.15 Å². The number of halogens is 1. The largest absolute Gasteiger partial charge is 0.397 e. The van der Waals surface area contributed by atoms with E-state index in [1.165, 1.54) is 12.3 Å². The maximum absolute atomic E-state index is 12.1. The van der Waals surface area contributed by atoms with Crippen LogP contribution in [0, 0.1) is 0 Å². The number of amides is 1. The molecular formula is C12H14ClN5O. The second kappa shape index (κ2) is 5.27. The van der Waals surface area contributed by atoms with E-state index in [0.29, 0.717) is 5.69 Å². The quantitative estimate of drug-likeness (QED) is 0.845. The summed E-state index contributed by atoms with van der Waals surface area (Å²) in [7, 11) is 0. The van der Waals surface area contributed by atoms with Crippen molar-refractivity contribution in [3.8, 4) is 0 Å². The van der Waals surface area contributed by atoms with Gasteiger partial charge < -0.3 is 11.1 Å². The van der Waals surface area contributed by atoms with Crippen LogP contribution < -0.4 is 11.1 Å². The van der Waals surface area contributed by atoms with E-state index < -0.39 is 0 Å². The number of aromatic nitrogens is 3. The number of nitrogens with one attached hydrogen (secondary N) is 1. The highest BCUT2D eigenvalue weighted by atomic mass is 35.5. The first-order valence-electron chi connectivity index (χ1n) is 5.74. The molecule has 0 atom stereocenters. The number of nitrogens with two attached hydrogens (primary N) is 1. The normalized spacial score (nSPS) is 10.7. The van der Waals surface area contributed by atoms with Gasteiger partial charge in [0.1, 0.15) is 5.15 Å². The molecular weight excluding hydrogens is 266 g/mol. The summed E-state index contributed by atoms with van der Waals surface area (Å²) in [5.74, 6) is -0.342. The van der Waals surface area contributed by atoms with Crippen LogP contribution in [-0.4, -0.2) is 20.7 Å². The SMILES string of the molecule is CC(C)n1cc(NC(=O)c2cc(Cl)ncc2N)cn1. The fraction of sp³-hybridized carbons (Fsp3) is 0.250. The zero-order valence-corrected chi connectivity index (χ0v) is 11.3. The van der Waals surface area contributed by atoms with Crippen molar-refractivity contribution in [3.05, 3.63) is 35.4 Å². The zero-order chi connectivity index (χ0) is 14.0. The lowest BCUT2D eigenvalue weighted by Crippen LogP contribution is -2.14. The smallest absolute Gasteiger partial charge is 0.258 e. The molecule has 100 valence electrons. The molecule has 0 fully saturated rings. The van der Waals surface area contributed by atoms with Gasteiger partial charge in [-0.3, -0.25) is 9.48 Å². The molecule has 2 heterocycles. The molecule has 0 spiro atoms. The van der Waals surface area contributed by atoms with Gasteiger partial charge in [-0.2, -0.15) is 5.10 Å². The van der Waals surface area contributed by atoms with Crippen LogP contribution in [0.1, 0.15) is 30.2 Å². The minimum absolute atomic E-state index is 0.220. The Morgan fingerprint density at radius 2 is 2.21 bits per heavy atom. The molecule has 0 radical (unpaired) electrons. The van der Waals surface area contributed by atoms with Gasteiger partial charge >= 0.3 is 0 Å². The third kappa shape index (κ3) is 3.03. The fourth-order valence-electron chi connectivity index (χ4n) is 1.52. The molecule has 2 aromatic rings. The monoisotopic (exact) mass is 279 g/mol. The molecule has 0 aliphatic rings. The number of hydrogen-bond donors (Lipinski definition) is 2. The van der Waals surface area contributed by atoms with Gasteiger partial charge in [0, 0.05) is 12.2 Å². The molecule has 7 heteroatoms. The topological polar surface area (TPSA) is 85.8 Å². The number of carbonyl (C=O) groups is 1. The van der Waals surface area contributed by atoms with Crippen molar-refractivity contribution in [2.24, 2.45) is 0 Å². The number of pyridine rings is 1. The summed E-state index contributed by atoms with van der Waals surface area (Å²) in [5.41, 5.74) is 6.86. The second-order valence-corrected chi connectivity index (χ2v) is 4.74. The maximum Gasteiger partial charge on any atom is 0.258 e. The standard InChI is InChI=1S/C12H14ClN5O/c1-7(2)18-6-8(4-16-18)17-12(19)9-3-11(13)15-5-10(9)14/h3-7H,14H2,1-2H3,(H,17,19). The molecule has 3 N–H and O–H groups in total. The summed E-state index contributed by atoms with van der Waals surface area (Å²) in [4.78, 5) is 15.9. The molecule has 2 rings (SSSR count). The van der Waals surface area contributed by atoms with Crippen molar-refractivity contribution in [1.29, 1.82) is 0 Å². The van der Waals surface area contributed by atoms with E-state index in [1.54, 1.807) is 17.1 Å². The molecule has 0 unspecified atom stereocenters. The second-order valence-electron chi connectivity index (χ2n) is 4.35. The summed E-state index contributed by atoms with van der Waals surface area (Å²) in [6.45, 7) is 4.00. The lowest BCUT2D eigenvalue weighted by Gasteiger charge is -2.06. The molecule has 0 bridgehead atoms. The van der Waals surface area contributed by atoms with Crippen LogP contribution in [0.4, 0.5) is 11.4 Å². The van der Waals surface area contributed by atoms with Gasteiger partial charge in [-0.25, -0.2) is 4.98 Å². The summed E-state index contributed by atoms with van der Waals surface area (Å²) < 4.78 is 1.75. The van der Waals surface area contributed by atoms with Gasteiger partial charge in [0.05, 0.1) is 29.3 Å². The van der Waals surface area contributed by atoms with Crippen LogP contribution in [0.25, 0.3) is 0 Å². The number of anilines is 2. The van der Waals surface area contributed by atoms with E-state index in [4.69, 9.17) is 17.3 Å². The molecule has 19 heavy (non-hydrogen) atoms. The first-order chi connectivity index (χ1) is 8.97. The van der Waals surface area contributed by atoms with Gasteiger partial charge in [0.25, 0.3) is 5.91 Å². The van der Waals surface area contributed by atoms with Gasteiger partial charge in [-0.15, -0.1) is 0 Å². The number of nitrogens with zero attached hydrogens (tertiary/aromatic N) is 3. The Labute approximate surface area is 115 Å². The van der Waals surface area contributed by atoms with Crippen LogP contribution in [-0.2, 0) is 0 Å². The average Bonchev–Trinajstić information content (AvgIpc) is 2.80. The van der Waals surface area contributed by atoms with Gasteiger partial charge in [-0.05, 0) is 19.9 Å². The van der Waals surface area contributed by atoms with Crippen molar-refractivity contribution in [2.45, 2.75) is 19.9 Å². The van der Waals surface area contributed by atoms with E-state index in [1.807, 2.05) is 13.8 Å². The van der Waals surface area contributed by atoms with E-state index in [2.05, 4.69) is 15.4 Å². The molecule has 0 aromatic carbocycles. The van der Waals surface area contributed by atoms with Crippen LogP contribution in [0.15, 0.2) is 24.7 Å². The number of rotatable bonds is 3. The minimum Gasteiger partial charge on any atom is -0.397 e. The van der Waals surface area contributed by atoms with Crippen molar-refractivity contribution in [3.63, 3.8) is 0 Å². The molecule has 0 aliphatic heterocycles. The summed E-state index contributed by atoms with van der Waals surface area (Å²) >= 11 is 5.75. The molecule has 1 amide bonds. The van der Waals surface area contributed by atoms with E-state index in [-0.39, 0.29) is 28.4 Å². The van der Waals surface area contributed by atoms with Gasteiger partial charge in [-0.1, -0.05) is 11.6 Å². The molecule has 0 saturated carbocycles. The highest BCUT2D eigenvalue weighted by Crippen LogP contribution is 2.17. The number of hydrogen-bond acceptors (Lipinski definition) is 4. The predicted octanol–water partition coefficient (Wildman–Crippen LogP) is 2.35. The number of carbonyl (C=O) groups excluding carboxylic acids is 1. The van der Waals surface area contributed by atoms with Crippen molar-refractivity contribution >= 4 is 28.9 Å². The Bertz CT molecular complexity index is 608. The zero-order valence-electron chi connectivity index (χ0n) is 10.6. The third-order valence-electron chi connectivity index (χ3n) is 2.53. The Morgan fingerprint density at radius 3 is 2.84 bits per heavy atom. The van der Waals surface area contributed by atoms with E-state index in [9.17, 15) is 4.79 Å². The van der Waals surface area contributed by atoms with E-state index >= 15 is 0 Å². The lowest BCUT2D eigenvalue weighted by atomic mass is 10.2. The first kappa shape index (κ1) is 13.4. The maximum atomic E-state index is 12.1. The van der Waals surface area contributed by atoms with Crippen LogP contribution >= 0.6 is 11.6 Å². The Hall–Kier alpha value is -2.08. The molecule has 0 aliphatic carbocycles. The van der Waals surface area contributed by atoms with Crippen molar-refractivity contribution in [1.82, 2.24) is 14.8 Å². The lowest BCUT2D eigenvalue weighted by molar-refractivity contribution is 0.102. The molecule has 0 saturated heterocycles. The molecule has 6 nitrogen and oxygen atoms in total. The third-order valence-corrected chi connectivity index (χ3v) is 2.74. The first-order valence-corrected chi connectivity index (χ1v) is 6.11. The Morgan fingerprint density at radius 1 is 1.47 bits per heavy atom. The highest BCUT2D eigenvalue weighted by molar-refractivity contribution is 6.30. The summed E-state index contributed by atoms with van der Waals surface area (Å²) in [6.07, 6.45) is 4.69. The Balaban J connectivity index is 2.18. The fourth-order valence-corrected chi connectivity index (χ4v) is 1.68. The summed E-state index contributed by atoms with van der Waals surface area (Å²) in [6, 6.07) is 1.66.